The second kappa shape index (κ2) is 6.09. The van der Waals surface area contributed by atoms with Gasteiger partial charge in [0.2, 0.25) is 0 Å². The Morgan fingerprint density at radius 3 is 2.75 bits per heavy atom. The van der Waals surface area contributed by atoms with Crippen molar-refractivity contribution in [2.24, 2.45) is 0 Å². The molecule has 3 rings (SSSR count). The Labute approximate surface area is 118 Å². The number of nitrogens with zero attached hydrogens (tertiary/aromatic N) is 1. The van der Waals surface area contributed by atoms with Crippen LogP contribution < -0.4 is 10.4 Å². The van der Waals surface area contributed by atoms with E-state index in [1.165, 1.54) is 38.4 Å². The van der Waals surface area contributed by atoms with Gasteiger partial charge in [0, 0.05) is 24.1 Å². The summed E-state index contributed by atoms with van der Waals surface area (Å²) in [4.78, 5) is 13.6. The molecule has 1 aromatic carbocycles. The molecule has 0 radical (unpaired) electrons. The zero-order chi connectivity index (χ0) is 13.8. The number of hydrogen-bond donors (Lipinski definition) is 0. The van der Waals surface area contributed by atoms with Gasteiger partial charge in [-0.05, 0) is 44.1 Å². The molecular formula is C16H19NO3. The topological polar surface area (TPSA) is 42.7 Å². The molecule has 1 aliphatic heterocycles. The first-order valence-corrected chi connectivity index (χ1v) is 7.20. The van der Waals surface area contributed by atoms with Crippen molar-refractivity contribution < 1.29 is 9.15 Å². The van der Waals surface area contributed by atoms with Crippen LogP contribution in [-0.2, 0) is 0 Å². The van der Waals surface area contributed by atoms with E-state index in [-0.39, 0.29) is 5.63 Å². The van der Waals surface area contributed by atoms with Gasteiger partial charge in [-0.25, -0.2) is 4.79 Å². The predicted molar refractivity (Wildman–Crippen MR) is 78.3 cm³/mol. The van der Waals surface area contributed by atoms with Crippen molar-refractivity contribution in [3.8, 4) is 5.75 Å². The summed E-state index contributed by atoms with van der Waals surface area (Å²) >= 11 is 0. The van der Waals surface area contributed by atoms with Crippen LogP contribution in [0.2, 0.25) is 0 Å². The van der Waals surface area contributed by atoms with E-state index in [0.29, 0.717) is 12.2 Å². The SMILES string of the molecule is O=c1ccc2ccc(OCCN3CCCCC3)cc2o1. The number of fused-ring (bicyclic) bond motifs is 1. The van der Waals surface area contributed by atoms with Crippen molar-refractivity contribution in [1.82, 2.24) is 4.90 Å². The summed E-state index contributed by atoms with van der Waals surface area (Å²) in [6.07, 6.45) is 3.93. The molecule has 1 fully saturated rings. The molecule has 0 aliphatic carbocycles. The summed E-state index contributed by atoms with van der Waals surface area (Å²) in [5, 5.41) is 0.910. The number of ether oxygens (including phenoxy) is 1. The van der Waals surface area contributed by atoms with Gasteiger partial charge in [0.05, 0.1) is 0 Å². The summed E-state index contributed by atoms with van der Waals surface area (Å²) < 4.78 is 10.9. The van der Waals surface area contributed by atoms with Crippen molar-refractivity contribution in [2.45, 2.75) is 19.3 Å². The zero-order valence-electron chi connectivity index (χ0n) is 11.5. The number of likely N-dealkylation sites (tertiary alicyclic amines) is 1. The summed E-state index contributed by atoms with van der Waals surface area (Å²) in [6, 6.07) is 8.80. The number of benzene rings is 1. The summed E-state index contributed by atoms with van der Waals surface area (Å²) in [5.41, 5.74) is 0.246. The van der Waals surface area contributed by atoms with Gasteiger partial charge in [0.25, 0.3) is 0 Å². The minimum absolute atomic E-state index is 0.331. The highest BCUT2D eigenvalue weighted by molar-refractivity contribution is 5.77. The van der Waals surface area contributed by atoms with Crippen molar-refractivity contribution in [1.29, 1.82) is 0 Å². The molecule has 0 N–H and O–H groups in total. The second-order valence-electron chi connectivity index (χ2n) is 5.20. The second-order valence-corrected chi connectivity index (χ2v) is 5.20. The number of rotatable bonds is 4. The van der Waals surface area contributed by atoms with E-state index in [9.17, 15) is 4.79 Å². The molecule has 2 heterocycles. The van der Waals surface area contributed by atoms with E-state index < -0.39 is 0 Å². The van der Waals surface area contributed by atoms with E-state index >= 15 is 0 Å². The van der Waals surface area contributed by atoms with Crippen molar-refractivity contribution in [3.63, 3.8) is 0 Å². The van der Waals surface area contributed by atoms with Gasteiger partial charge < -0.3 is 9.15 Å². The Hall–Kier alpha value is -1.81. The third kappa shape index (κ3) is 3.20. The fraction of sp³-hybridized carbons (Fsp3) is 0.438. The standard InChI is InChI=1S/C16H19NO3/c18-16-7-5-13-4-6-14(12-15(13)20-16)19-11-10-17-8-2-1-3-9-17/h4-7,12H,1-3,8-11H2. The highest BCUT2D eigenvalue weighted by Gasteiger charge is 2.09. The normalized spacial score (nSPS) is 16.4. The smallest absolute Gasteiger partial charge is 0.336 e. The quantitative estimate of drug-likeness (QED) is 0.803. The van der Waals surface area contributed by atoms with Gasteiger partial charge in [-0.2, -0.15) is 0 Å². The lowest BCUT2D eigenvalue weighted by atomic mass is 10.1. The molecule has 0 atom stereocenters. The third-order valence-electron chi connectivity index (χ3n) is 3.72. The molecule has 1 saturated heterocycles. The highest BCUT2D eigenvalue weighted by atomic mass is 16.5. The fourth-order valence-electron chi connectivity index (χ4n) is 2.61. The fourth-order valence-corrected chi connectivity index (χ4v) is 2.61. The molecule has 0 amide bonds. The van der Waals surface area contributed by atoms with Crippen LogP contribution in [0.1, 0.15) is 19.3 Å². The van der Waals surface area contributed by atoms with Gasteiger partial charge in [-0.3, -0.25) is 4.90 Å². The monoisotopic (exact) mass is 273 g/mol. The van der Waals surface area contributed by atoms with Crippen LogP contribution in [0.25, 0.3) is 11.0 Å². The first kappa shape index (κ1) is 13.2. The Balaban J connectivity index is 1.60. The minimum atomic E-state index is -0.331. The first-order valence-electron chi connectivity index (χ1n) is 7.20. The van der Waals surface area contributed by atoms with E-state index in [2.05, 4.69) is 4.90 Å². The highest BCUT2D eigenvalue weighted by Crippen LogP contribution is 2.19. The van der Waals surface area contributed by atoms with Crippen molar-refractivity contribution >= 4 is 11.0 Å². The summed E-state index contributed by atoms with van der Waals surface area (Å²) in [6.45, 7) is 3.98. The number of hydrogen-bond acceptors (Lipinski definition) is 4. The molecule has 1 aromatic heterocycles. The first-order chi connectivity index (χ1) is 9.81. The maximum Gasteiger partial charge on any atom is 0.336 e. The molecule has 0 unspecified atom stereocenters. The Morgan fingerprint density at radius 2 is 1.90 bits per heavy atom. The van der Waals surface area contributed by atoms with E-state index in [1.54, 1.807) is 12.1 Å². The molecule has 0 spiro atoms. The van der Waals surface area contributed by atoms with Crippen LogP contribution in [0.15, 0.2) is 39.5 Å². The van der Waals surface area contributed by atoms with Crippen LogP contribution in [0.4, 0.5) is 0 Å². The molecule has 4 nitrogen and oxygen atoms in total. The lowest BCUT2D eigenvalue weighted by Gasteiger charge is -2.26. The molecule has 2 aromatic rings. The van der Waals surface area contributed by atoms with Crippen LogP contribution in [0.3, 0.4) is 0 Å². The largest absolute Gasteiger partial charge is 0.492 e. The summed E-state index contributed by atoms with van der Waals surface area (Å²) in [5.74, 6) is 0.754. The van der Waals surface area contributed by atoms with Gasteiger partial charge in [0.15, 0.2) is 0 Å². The average Bonchev–Trinajstić information content (AvgIpc) is 2.48. The van der Waals surface area contributed by atoms with Gasteiger partial charge in [0.1, 0.15) is 17.9 Å². The molecule has 0 saturated carbocycles. The Kier molecular flexibility index (Phi) is 4.02. The molecule has 20 heavy (non-hydrogen) atoms. The van der Waals surface area contributed by atoms with Gasteiger partial charge in [-0.1, -0.05) is 6.42 Å². The van der Waals surface area contributed by atoms with Crippen LogP contribution in [0.5, 0.6) is 5.75 Å². The molecular weight excluding hydrogens is 254 g/mol. The van der Waals surface area contributed by atoms with Gasteiger partial charge >= 0.3 is 5.63 Å². The van der Waals surface area contributed by atoms with E-state index in [1.807, 2.05) is 12.1 Å². The van der Waals surface area contributed by atoms with E-state index in [4.69, 9.17) is 9.15 Å². The van der Waals surface area contributed by atoms with Crippen LogP contribution >= 0.6 is 0 Å². The maximum atomic E-state index is 11.2. The zero-order valence-corrected chi connectivity index (χ0v) is 11.5. The molecule has 4 heteroatoms. The summed E-state index contributed by atoms with van der Waals surface area (Å²) in [7, 11) is 0. The number of piperidine rings is 1. The maximum absolute atomic E-state index is 11.2. The Morgan fingerprint density at radius 1 is 1.10 bits per heavy atom. The lowest BCUT2D eigenvalue weighted by molar-refractivity contribution is 0.183. The van der Waals surface area contributed by atoms with Crippen LogP contribution in [-0.4, -0.2) is 31.1 Å². The molecule has 106 valence electrons. The van der Waals surface area contributed by atoms with Crippen molar-refractivity contribution in [2.75, 3.05) is 26.2 Å². The third-order valence-corrected chi connectivity index (χ3v) is 3.72. The predicted octanol–water partition coefficient (Wildman–Crippen LogP) is 2.66. The molecule has 0 bridgehead atoms. The lowest BCUT2D eigenvalue weighted by Crippen LogP contribution is -2.33. The molecule has 1 aliphatic rings. The van der Waals surface area contributed by atoms with Gasteiger partial charge in [-0.15, -0.1) is 0 Å². The van der Waals surface area contributed by atoms with Crippen LogP contribution in [0, 0.1) is 0 Å². The average molecular weight is 273 g/mol. The van der Waals surface area contributed by atoms with E-state index in [0.717, 1.165) is 17.7 Å². The van der Waals surface area contributed by atoms with Crippen molar-refractivity contribution in [3.05, 3.63) is 40.8 Å². The Bertz CT molecular complexity index is 629. The minimum Gasteiger partial charge on any atom is -0.492 e.